The van der Waals surface area contributed by atoms with Crippen LogP contribution in [0.1, 0.15) is 40.4 Å². The zero-order valence-corrected chi connectivity index (χ0v) is 25.3. The Labute approximate surface area is 261 Å². The lowest BCUT2D eigenvalue weighted by Gasteiger charge is -2.21. The monoisotopic (exact) mass is 674 g/mol. The molecule has 0 bridgehead atoms. The first kappa shape index (κ1) is 33.2. The third kappa shape index (κ3) is 8.68. The molecule has 11 nitrogen and oxygen atoms in total. The van der Waals surface area contributed by atoms with Crippen molar-refractivity contribution in [1.82, 2.24) is 4.72 Å². The Morgan fingerprint density at radius 1 is 1.09 bits per heavy atom. The summed E-state index contributed by atoms with van der Waals surface area (Å²) in [7, 11) is -3.30. The summed E-state index contributed by atoms with van der Waals surface area (Å²) in [5, 5.41) is 11.7. The fraction of sp³-hybridized carbons (Fsp3) is 0.321. The second-order valence-electron chi connectivity index (χ2n) is 9.63. The highest BCUT2D eigenvalue weighted by Gasteiger charge is 2.28. The number of alkyl halides is 2. The number of carbonyl (C=O) groups excluding carboxylic acids is 2. The van der Waals surface area contributed by atoms with Gasteiger partial charge in [0.15, 0.2) is 23.9 Å². The molecule has 4 rings (SSSR count). The molecule has 16 heteroatoms. The number of methoxy groups -OCH3 is 1. The molecule has 2 aromatic carbocycles. The van der Waals surface area contributed by atoms with E-state index in [1.54, 1.807) is 0 Å². The number of nitrogens with zero attached hydrogens (tertiary/aromatic N) is 1. The highest BCUT2D eigenvalue weighted by atomic mass is 35.5. The summed E-state index contributed by atoms with van der Waals surface area (Å²) < 4.78 is 75.1. The first-order valence-corrected chi connectivity index (χ1v) is 15.3. The maximum atomic E-state index is 13.1. The number of sulfonamides is 1. The Bertz CT molecular complexity index is 1620. The zero-order valence-electron chi connectivity index (χ0n) is 23.0. The maximum Gasteiger partial charge on any atom is 0.387 e. The van der Waals surface area contributed by atoms with Gasteiger partial charge in [0, 0.05) is 12.0 Å². The fourth-order valence-corrected chi connectivity index (χ4v) is 5.83. The van der Waals surface area contributed by atoms with E-state index >= 15 is 0 Å². The summed E-state index contributed by atoms with van der Waals surface area (Å²) in [6, 6.07) is 9.17. The smallest absolute Gasteiger partial charge is 0.387 e. The lowest BCUT2D eigenvalue weighted by Crippen LogP contribution is -2.32. The minimum absolute atomic E-state index is 0.0291. The van der Waals surface area contributed by atoms with E-state index in [1.165, 1.54) is 36.4 Å². The normalized spacial score (nSPS) is 13.8. The van der Waals surface area contributed by atoms with E-state index < -0.39 is 46.1 Å². The van der Waals surface area contributed by atoms with E-state index in [4.69, 9.17) is 32.7 Å². The van der Waals surface area contributed by atoms with Crippen LogP contribution in [0.2, 0.25) is 10.0 Å². The number of esters is 2. The highest BCUT2D eigenvalue weighted by Crippen LogP contribution is 2.37. The summed E-state index contributed by atoms with van der Waals surface area (Å²) in [4.78, 5) is 24.6. The van der Waals surface area contributed by atoms with E-state index in [2.05, 4.69) is 14.2 Å². The first-order chi connectivity index (χ1) is 20.9. The van der Waals surface area contributed by atoms with Crippen LogP contribution in [0.25, 0.3) is 0 Å². The standard InChI is InChI=1S/C28H26Cl2F2N2O9S/c1-40-27(36)18-4-2-3-5-25(18)44(38,39)33-12-26(35)42-23(11-19-20(29)13-34(37)14-21(19)30)17-8-9-22(43-28(31)32)24(10-17)41-15-16-6-7-16/h2-5,8-10,13-14,16,23,28,33H,6-7,11-12,15H2,1H3. The predicted molar refractivity (Wildman–Crippen MR) is 152 cm³/mol. The van der Waals surface area contributed by atoms with Crippen LogP contribution in [0, 0.1) is 11.1 Å². The van der Waals surface area contributed by atoms with Gasteiger partial charge in [-0.3, -0.25) is 4.79 Å². The molecule has 1 fully saturated rings. The summed E-state index contributed by atoms with van der Waals surface area (Å²) >= 11 is 12.5. The Kier molecular flexibility index (Phi) is 10.8. The number of ether oxygens (including phenoxy) is 4. The largest absolute Gasteiger partial charge is 0.619 e. The molecule has 1 N–H and O–H groups in total. The summed E-state index contributed by atoms with van der Waals surface area (Å²) in [6.45, 7) is -3.74. The van der Waals surface area contributed by atoms with E-state index in [-0.39, 0.29) is 57.2 Å². The van der Waals surface area contributed by atoms with Crippen molar-refractivity contribution in [2.75, 3.05) is 20.3 Å². The number of carbonyl (C=O) groups is 2. The average molecular weight is 675 g/mol. The predicted octanol–water partition coefficient (Wildman–Crippen LogP) is 4.61. The number of hydrogen-bond donors (Lipinski definition) is 1. The molecule has 1 aromatic heterocycles. The van der Waals surface area contributed by atoms with Crippen molar-refractivity contribution in [3.63, 3.8) is 0 Å². The zero-order chi connectivity index (χ0) is 32.0. The molecule has 236 valence electrons. The van der Waals surface area contributed by atoms with Crippen molar-refractivity contribution in [2.24, 2.45) is 5.92 Å². The van der Waals surface area contributed by atoms with Crippen LogP contribution >= 0.6 is 23.2 Å². The van der Waals surface area contributed by atoms with E-state index in [1.807, 2.05) is 0 Å². The van der Waals surface area contributed by atoms with Gasteiger partial charge in [-0.15, -0.1) is 0 Å². The van der Waals surface area contributed by atoms with Crippen molar-refractivity contribution >= 4 is 45.2 Å². The Morgan fingerprint density at radius 3 is 2.41 bits per heavy atom. The van der Waals surface area contributed by atoms with Gasteiger partial charge >= 0.3 is 18.6 Å². The Morgan fingerprint density at radius 2 is 1.77 bits per heavy atom. The number of nitrogens with one attached hydrogen (secondary N) is 1. The minimum atomic E-state index is -4.39. The topological polar surface area (TPSA) is 144 Å². The number of pyridine rings is 1. The van der Waals surface area contributed by atoms with Gasteiger partial charge < -0.3 is 24.2 Å². The van der Waals surface area contributed by atoms with E-state index in [9.17, 15) is 32.0 Å². The van der Waals surface area contributed by atoms with Crippen molar-refractivity contribution < 1.29 is 50.5 Å². The van der Waals surface area contributed by atoms with Gasteiger partial charge in [0.2, 0.25) is 10.0 Å². The van der Waals surface area contributed by atoms with Crippen LogP contribution in [0.4, 0.5) is 8.78 Å². The SMILES string of the molecule is COC(=O)c1ccccc1S(=O)(=O)NCC(=O)OC(Cc1c(Cl)c[n+]([O-])cc1Cl)c1ccc(OC(F)F)c(OCC2CC2)c1. The van der Waals surface area contributed by atoms with Gasteiger partial charge in [0.25, 0.3) is 0 Å². The highest BCUT2D eigenvalue weighted by molar-refractivity contribution is 7.89. The second kappa shape index (κ2) is 14.4. The molecule has 1 atom stereocenters. The van der Waals surface area contributed by atoms with Gasteiger partial charge in [-0.25, -0.2) is 13.2 Å². The molecular weight excluding hydrogens is 649 g/mol. The van der Waals surface area contributed by atoms with Gasteiger partial charge in [-0.1, -0.05) is 41.4 Å². The number of halogens is 4. The second-order valence-corrected chi connectivity index (χ2v) is 12.2. The first-order valence-electron chi connectivity index (χ1n) is 13.0. The molecule has 0 spiro atoms. The molecule has 0 saturated heterocycles. The van der Waals surface area contributed by atoms with Gasteiger partial charge in [0.05, 0.1) is 24.2 Å². The van der Waals surface area contributed by atoms with Crippen molar-refractivity contribution in [3.05, 3.63) is 86.8 Å². The third-order valence-corrected chi connectivity index (χ3v) is 8.55. The van der Waals surface area contributed by atoms with E-state index in [0.29, 0.717) is 4.73 Å². The van der Waals surface area contributed by atoms with E-state index in [0.717, 1.165) is 38.4 Å². The van der Waals surface area contributed by atoms with Crippen molar-refractivity contribution in [1.29, 1.82) is 0 Å². The fourth-order valence-electron chi connectivity index (χ4n) is 4.07. The molecule has 44 heavy (non-hydrogen) atoms. The van der Waals surface area contributed by atoms with Crippen LogP contribution in [0.15, 0.2) is 59.8 Å². The molecule has 3 aromatic rings. The molecule has 1 aliphatic carbocycles. The molecule has 1 aliphatic rings. The van der Waals surface area contributed by atoms with Gasteiger partial charge in [-0.05, 0) is 48.6 Å². The lowest BCUT2D eigenvalue weighted by atomic mass is 10.0. The van der Waals surface area contributed by atoms with Crippen molar-refractivity contribution in [3.8, 4) is 11.5 Å². The summed E-state index contributed by atoms with van der Waals surface area (Å²) in [5.74, 6) is -1.95. The number of aromatic nitrogens is 1. The molecule has 1 heterocycles. The number of hydrogen-bond acceptors (Lipinski definition) is 9. The quantitative estimate of drug-likeness (QED) is 0.147. The third-order valence-electron chi connectivity index (χ3n) is 6.44. The van der Waals surface area contributed by atoms with Gasteiger partial charge in [-0.2, -0.15) is 18.2 Å². The molecule has 0 amide bonds. The molecule has 0 radical (unpaired) electrons. The van der Waals surface area contributed by atoms with Crippen molar-refractivity contribution in [2.45, 2.75) is 36.9 Å². The van der Waals surface area contributed by atoms with Gasteiger partial charge in [0.1, 0.15) is 22.7 Å². The molecular formula is C28H26Cl2F2N2O9S. The van der Waals surface area contributed by atoms with Crippen LogP contribution < -0.4 is 18.9 Å². The minimum Gasteiger partial charge on any atom is -0.619 e. The molecule has 1 unspecified atom stereocenters. The Hall–Kier alpha value is -3.72. The summed E-state index contributed by atoms with van der Waals surface area (Å²) in [5.41, 5.74) is 0.220. The van der Waals surface area contributed by atoms with Crippen LogP contribution in [0.3, 0.4) is 0 Å². The molecule has 0 aliphatic heterocycles. The Balaban J connectivity index is 1.61. The van der Waals surface area contributed by atoms with Crippen LogP contribution in [0.5, 0.6) is 11.5 Å². The lowest BCUT2D eigenvalue weighted by molar-refractivity contribution is -0.605. The van der Waals surface area contributed by atoms with Crippen LogP contribution in [-0.2, 0) is 30.7 Å². The maximum absolute atomic E-state index is 13.1. The molecule has 1 saturated carbocycles. The number of rotatable bonds is 14. The van der Waals surface area contributed by atoms with Crippen LogP contribution in [-0.4, -0.2) is 47.2 Å². The number of benzene rings is 2. The summed E-state index contributed by atoms with van der Waals surface area (Å²) in [6.07, 6.45) is 2.53. The average Bonchev–Trinajstić information content (AvgIpc) is 3.81.